The van der Waals surface area contributed by atoms with Crippen LogP contribution in [0.5, 0.6) is 11.5 Å². The number of nitrogens with one attached hydrogen (secondary N) is 9. The molecule has 9 rings (SSSR count). The number of benzene rings is 4. The first-order valence-electron chi connectivity index (χ1n) is 40.3. The number of H-pyrrole nitrogens is 1. The number of esters is 1. The van der Waals surface area contributed by atoms with E-state index >= 15 is 14.4 Å². The van der Waals surface area contributed by atoms with Gasteiger partial charge in [0.1, 0.15) is 82.7 Å². The number of epoxide rings is 1. The highest BCUT2D eigenvalue weighted by Crippen LogP contribution is 2.49. The van der Waals surface area contributed by atoms with E-state index < -0.39 is 168 Å². The molecule has 3 fully saturated rings. The molecule has 4 aromatic carbocycles. The summed E-state index contributed by atoms with van der Waals surface area (Å²) in [6.07, 6.45) is -0.296. The number of anilines is 1. The van der Waals surface area contributed by atoms with Crippen molar-refractivity contribution in [3.63, 3.8) is 0 Å². The highest BCUT2D eigenvalue weighted by Gasteiger charge is 2.65. The number of methoxy groups -OCH3 is 2. The molecule has 5 heterocycles. The van der Waals surface area contributed by atoms with Gasteiger partial charge in [-0.05, 0) is 119 Å². The van der Waals surface area contributed by atoms with Crippen LogP contribution in [0, 0.1) is 5.92 Å². The average molecular weight is 1740 g/mol. The van der Waals surface area contributed by atoms with Gasteiger partial charge in [-0.2, -0.15) is 0 Å². The van der Waals surface area contributed by atoms with Gasteiger partial charge in [-0.15, -0.1) is 0 Å². The Morgan fingerprint density at radius 1 is 0.769 bits per heavy atom. The van der Waals surface area contributed by atoms with E-state index in [1.807, 2.05) is 31.2 Å². The highest BCUT2D eigenvalue weighted by molar-refractivity contribution is 8.76. The predicted octanol–water partition coefficient (Wildman–Crippen LogP) is 4.38. The smallest absolute Gasteiger partial charge is 0.409 e. The number of rotatable bonds is 29. The van der Waals surface area contributed by atoms with Crippen LogP contribution >= 0.6 is 33.2 Å². The lowest BCUT2D eigenvalue weighted by molar-refractivity contribution is -0.162. The molecule has 0 radical (unpaired) electrons. The molecular weight excluding hydrogens is 1620 g/mol. The summed E-state index contributed by atoms with van der Waals surface area (Å²) in [5, 5.41) is 55.9. The number of hydrogen-bond acceptors (Lipinski definition) is 23. The SMILES string of the molecule is COc1cc2cc(c1Cl)N(C)C(=O)C[C@H](OC(=O)[C@H](C)N(C)C(=O)CCSSCCC(=O)NCCNC(=O)CC[C@H]1C(=O)N[C@@H](Cc3ccc(O)cc3)C(=O)N[C@H](Cc3c[nH]c4ccccc34)C(=O)N[C@@H](CCCCN)C(=O)N[C@@H]([C@@H](C)O)C(=O)N[C@@H](Cc3ccccc3)C(=O)N1C)[C@]1(C)O[C@H]1[C@H](C)[C@@H]1C[C@@](O)(NC(=O)O1)[C@H](OC)/C=C/C=C(\C)C2. The quantitative estimate of drug-likeness (QED) is 0.0137. The first kappa shape index (κ1) is 94.6. The summed E-state index contributed by atoms with van der Waals surface area (Å²) >= 11 is 6.87. The lowest BCUT2D eigenvalue weighted by Crippen LogP contribution is -2.63. The molecule has 656 valence electrons. The van der Waals surface area contributed by atoms with E-state index in [0.717, 1.165) is 26.9 Å². The minimum Gasteiger partial charge on any atom is -0.508 e. The Kier molecular flexibility index (Phi) is 34.4. The molecule has 15 atom stereocenters. The second-order valence-corrected chi connectivity index (χ2v) is 34.2. The monoisotopic (exact) mass is 1730 g/mol. The Hall–Kier alpha value is -10.3. The molecule has 14 N–H and O–H groups in total. The summed E-state index contributed by atoms with van der Waals surface area (Å²) in [5.74, 6) is -7.83. The molecule has 4 aliphatic rings. The maximum Gasteiger partial charge on any atom is 0.409 e. The van der Waals surface area contributed by atoms with Gasteiger partial charge in [-0.1, -0.05) is 125 Å². The summed E-state index contributed by atoms with van der Waals surface area (Å²) < 4.78 is 29.6. The Labute approximate surface area is 715 Å². The third-order valence-electron chi connectivity index (χ3n) is 22.2. The van der Waals surface area contributed by atoms with Crippen molar-refractivity contribution in [2.75, 3.05) is 71.4 Å². The molecule has 1 aromatic heterocycles. The molecule has 33 nitrogen and oxygen atoms in total. The number of aromatic amines is 1. The van der Waals surface area contributed by atoms with Crippen molar-refractivity contribution in [3.05, 3.63) is 148 Å². The lowest BCUT2D eigenvalue weighted by atomic mass is 9.83. The first-order chi connectivity index (χ1) is 57.6. The number of amides is 11. The molecule has 4 bridgehead atoms. The molecule has 11 amide bonds. The van der Waals surface area contributed by atoms with E-state index in [1.54, 1.807) is 80.7 Å². The normalized spacial score (nSPS) is 25.9. The van der Waals surface area contributed by atoms with Crippen LogP contribution in [0.4, 0.5) is 10.5 Å². The number of para-hydroxylation sites is 1. The molecule has 5 aromatic rings. The number of phenols is 1. The Morgan fingerprint density at radius 3 is 2.07 bits per heavy atom. The van der Waals surface area contributed by atoms with Crippen molar-refractivity contribution in [3.8, 4) is 11.5 Å². The Bertz CT molecular complexity index is 4580. The van der Waals surface area contributed by atoms with E-state index in [4.69, 9.17) is 41.0 Å². The molecular formula is C85H112ClN13O20S2. The molecule has 0 spiro atoms. The number of phenolic OH excluding ortho intramolecular Hbond substituents is 1. The molecule has 4 aliphatic heterocycles. The van der Waals surface area contributed by atoms with Gasteiger partial charge in [0, 0.05) is 121 Å². The van der Waals surface area contributed by atoms with Crippen LogP contribution in [0.15, 0.2) is 121 Å². The fraction of sp³-hybridized carbons (Fsp3) is 0.506. The molecule has 36 heteroatoms. The predicted molar refractivity (Wildman–Crippen MR) is 455 cm³/mol. The van der Waals surface area contributed by atoms with Crippen LogP contribution in [-0.4, -0.2) is 252 Å². The number of fused-ring (bicyclic) bond motifs is 6. The zero-order valence-electron chi connectivity index (χ0n) is 69.6. The molecule has 0 saturated carbocycles. The van der Waals surface area contributed by atoms with Gasteiger partial charge in [0.2, 0.25) is 59.1 Å². The fourth-order valence-electron chi connectivity index (χ4n) is 14.9. The number of aliphatic hydroxyl groups excluding tert-OH is 1. The number of unbranched alkanes of at least 4 members (excludes halogenated alkanes) is 1. The van der Waals surface area contributed by atoms with Crippen LogP contribution in [0.3, 0.4) is 0 Å². The Balaban J connectivity index is 0.816. The van der Waals surface area contributed by atoms with Crippen LogP contribution in [0.2, 0.25) is 5.02 Å². The number of aromatic hydroxyl groups is 1. The summed E-state index contributed by atoms with van der Waals surface area (Å²) in [6, 6.07) is 15.0. The third kappa shape index (κ3) is 25.7. The van der Waals surface area contributed by atoms with Crippen molar-refractivity contribution >= 4 is 121 Å². The van der Waals surface area contributed by atoms with E-state index in [1.165, 1.54) is 105 Å². The van der Waals surface area contributed by atoms with E-state index in [2.05, 4.69) is 47.5 Å². The number of aliphatic hydroxyl groups is 2. The number of carbonyl (C=O) groups excluding carboxylic acids is 12. The first-order valence-corrected chi connectivity index (χ1v) is 43.2. The standard InChI is InChI=1S/C85H112ClN13O20S2/c1-48-19-18-25-67(116-10)85(114)46-66(117-83(113)96-85)49(2)75-84(5,119-75)68(45-72(105)98(7)64-42-54(39-48)43-65(115-9)73(64)86)118-82(112)50(3)97(6)71(104)33-38-121-120-37-32-70(103)89-36-35-88-69(102)31-30-63-79(109)93-60(40-53-26-28-56(101)29-27-53)77(107)92-61(44-55-47-90-58-23-15-14-22-57(55)58)78(108)91-59(24-16-17-34-87)76(106)95-74(51(4)100)80(110)94-62(81(111)99(63)8)41-52-20-12-11-13-21-52/h11-15,18-23,25-29,42-43,47,49-51,59-63,66-68,74-75,90,100-101,114H,16-17,24,30-41,44-46,87H2,1-10H3,(H,88,102)(H,89,103)(H,91,108)(H,92,107)(H,93,109)(H,94,110)(H,95,106)(H,96,113)/b25-18+,48-19+/t49-,50+,51-,59+,60+,61-,62+,63+,66+,67-,68+,74+,75+,84+,85+/m1/s1. The van der Waals surface area contributed by atoms with Crippen LogP contribution < -0.4 is 57.9 Å². The van der Waals surface area contributed by atoms with Crippen molar-refractivity contribution in [1.29, 1.82) is 0 Å². The highest BCUT2D eigenvalue weighted by atomic mass is 35.5. The minimum atomic E-state index is -1.92. The maximum absolute atomic E-state index is 15.2. The number of hydrogen-bond donors (Lipinski definition) is 13. The number of nitrogens with zero attached hydrogens (tertiary/aromatic N) is 3. The molecule has 0 aliphatic carbocycles. The van der Waals surface area contributed by atoms with Gasteiger partial charge in [0.25, 0.3) is 0 Å². The number of carbonyl (C=O) groups is 12. The second-order valence-electron chi connectivity index (χ2n) is 31.1. The topological polar surface area (TPSA) is 463 Å². The van der Waals surface area contributed by atoms with Crippen molar-refractivity contribution in [2.45, 2.75) is 202 Å². The Morgan fingerprint density at radius 2 is 1.39 bits per heavy atom. The summed E-state index contributed by atoms with van der Waals surface area (Å²) in [7, 11) is 9.77. The van der Waals surface area contributed by atoms with Gasteiger partial charge < -0.3 is 102 Å². The van der Waals surface area contributed by atoms with Crippen molar-refractivity contribution in [1.82, 2.24) is 57.3 Å². The number of ether oxygens (including phenoxy) is 5. The molecule has 121 heavy (non-hydrogen) atoms. The zero-order valence-corrected chi connectivity index (χ0v) is 72.0. The number of likely N-dealkylation sites (N-methyl/N-ethyl adjacent to an activating group) is 2. The van der Waals surface area contributed by atoms with E-state index in [-0.39, 0.29) is 93.4 Å². The maximum atomic E-state index is 15.2. The van der Waals surface area contributed by atoms with Crippen molar-refractivity contribution < 1.29 is 96.5 Å². The average Bonchev–Trinajstić information content (AvgIpc) is 1.57. The summed E-state index contributed by atoms with van der Waals surface area (Å²) in [6.45, 7) is 8.22. The largest absolute Gasteiger partial charge is 0.508 e. The van der Waals surface area contributed by atoms with Gasteiger partial charge >= 0.3 is 12.1 Å². The van der Waals surface area contributed by atoms with Crippen LogP contribution in [0.1, 0.15) is 115 Å². The second kappa shape index (κ2) is 44.0. The summed E-state index contributed by atoms with van der Waals surface area (Å²) in [5.41, 5.74) is 6.86. The number of alkyl carbamates (subject to hydrolysis) is 1. The van der Waals surface area contributed by atoms with Crippen molar-refractivity contribution in [2.24, 2.45) is 11.7 Å². The zero-order chi connectivity index (χ0) is 88.0. The third-order valence-corrected chi connectivity index (χ3v) is 25.0. The van der Waals surface area contributed by atoms with Gasteiger partial charge in [0.05, 0.1) is 31.4 Å². The van der Waals surface area contributed by atoms with Gasteiger partial charge in [0.15, 0.2) is 5.72 Å². The fourth-order valence-corrected chi connectivity index (χ4v) is 17.2. The lowest BCUT2D eigenvalue weighted by Gasteiger charge is -2.42. The van der Waals surface area contributed by atoms with Gasteiger partial charge in [-0.3, -0.25) is 53.3 Å². The van der Waals surface area contributed by atoms with E-state index in [0.29, 0.717) is 53.1 Å². The van der Waals surface area contributed by atoms with E-state index in [9.17, 15) is 58.5 Å². The van der Waals surface area contributed by atoms with Crippen LogP contribution in [0.25, 0.3) is 10.9 Å². The number of halogens is 1. The minimum absolute atomic E-state index is 0.0178. The number of allylic oxidation sites excluding steroid dienone is 3. The summed E-state index contributed by atoms with van der Waals surface area (Å²) in [4.78, 5) is 179. The van der Waals surface area contributed by atoms with Crippen LogP contribution in [-0.2, 0) is 97.4 Å². The molecule has 3 saturated heterocycles. The number of nitrogens with two attached hydrogens (primary N) is 1. The van der Waals surface area contributed by atoms with Gasteiger partial charge in [-0.25, -0.2) is 9.59 Å². The number of aromatic nitrogens is 1. The molecule has 0 unspecified atom stereocenters.